The van der Waals surface area contributed by atoms with Crippen LogP contribution in [0, 0.1) is 11.7 Å². The first-order valence-electron chi connectivity index (χ1n) is 5.63. The van der Waals surface area contributed by atoms with Crippen molar-refractivity contribution in [3.05, 3.63) is 35.6 Å². The molecule has 1 rings (SSSR count). The van der Waals surface area contributed by atoms with Crippen molar-refractivity contribution in [2.75, 3.05) is 6.54 Å². The molecule has 2 heteroatoms. The van der Waals surface area contributed by atoms with Crippen LogP contribution in [0.4, 0.5) is 4.39 Å². The van der Waals surface area contributed by atoms with Crippen molar-refractivity contribution in [3.8, 4) is 0 Å². The highest BCUT2D eigenvalue weighted by atomic mass is 19.1. The van der Waals surface area contributed by atoms with Gasteiger partial charge >= 0.3 is 0 Å². The summed E-state index contributed by atoms with van der Waals surface area (Å²) in [5.74, 6) is 0.515. The van der Waals surface area contributed by atoms with Crippen LogP contribution in [0.25, 0.3) is 0 Å². The van der Waals surface area contributed by atoms with Crippen LogP contribution in [0.2, 0.25) is 0 Å². The highest BCUT2D eigenvalue weighted by Gasteiger charge is 2.10. The van der Waals surface area contributed by atoms with Crippen molar-refractivity contribution in [2.24, 2.45) is 5.92 Å². The van der Waals surface area contributed by atoms with E-state index in [2.05, 4.69) is 19.2 Å². The Bertz CT molecular complexity index is 298. The zero-order valence-electron chi connectivity index (χ0n) is 9.76. The van der Waals surface area contributed by atoms with Gasteiger partial charge < -0.3 is 5.32 Å². The second-order valence-corrected chi connectivity index (χ2v) is 4.16. The summed E-state index contributed by atoms with van der Waals surface area (Å²) in [7, 11) is 0. The Kier molecular flexibility index (Phi) is 4.76. The van der Waals surface area contributed by atoms with E-state index in [4.69, 9.17) is 0 Å². The van der Waals surface area contributed by atoms with Gasteiger partial charge in [0.25, 0.3) is 0 Å². The molecule has 1 aromatic carbocycles. The lowest BCUT2D eigenvalue weighted by Crippen LogP contribution is -2.24. The lowest BCUT2D eigenvalue weighted by molar-refractivity contribution is 0.450. The highest BCUT2D eigenvalue weighted by Crippen LogP contribution is 2.16. The van der Waals surface area contributed by atoms with Crippen LogP contribution in [0.3, 0.4) is 0 Å². The fourth-order valence-corrected chi connectivity index (χ4v) is 1.46. The Labute approximate surface area is 91.7 Å². The number of benzene rings is 1. The van der Waals surface area contributed by atoms with Crippen LogP contribution in [-0.2, 0) is 0 Å². The molecule has 0 aliphatic heterocycles. The van der Waals surface area contributed by atoms with E-state index in [1.165, 1.54) is 6.07 Å². The molecule has 2 atom stereocenters. The predicted molar refractivity (Wildman–Crippen MR) is 62.3 cm³/mol. The largest absolute Gasteiger partial charge is 0.310 e. The van der Waals surface area contributed by atoms with Crippen molar-refractivity contribution >= 4 is 0 Å². The molecule has 0 spiro atoms. The molecule has 0 amide bonds. The molecule has 84 valence electrons. The molecule has 1 N–H and O–H groups in total. The van der Waals surface area contributed by atoms with Crippen molar-refractivity contribution < 1.29 is 4.39 Å². The van der Waals surface area contributed by atoms with E-state index in [0.717, 1.165) is 18.5 Å². The number of halogens is 1. The van der Waals surface area contributed by atoms with Gasteiger partial charge in [0.05, 0.1) is 0 Å². The maximum absolute atomic E-state index is 13.4. The normalized spacial score (nSPS) is 14.9. The quantitative estimate of drug-likeness (QED) is 0.782. The first kappa shape index (κ1) is 12.2. The maximum Gasteiger partial charge on any atom is 0.127 e. The van der Waals surface area contributed by atoms with Gasteiger partial charge in [-0.05, 0) is 25.5 Å². The van der Waals surface area contributed by atoms with Crippen molar-refractivity contribution in [2.45, 2.75) is 33.2 Å². The third-order valence-corrected chi connectivity index (χ3v) is 2.84. The first-order chi connectivity index (χ1) is 7.15. The van der Waals surface area contributed by atoms with Gasteiger partial charge in [-0.2, -0.15) is 0 Å². The summed E-state index contributed by atoms with van der Waals surface area (Å²) in [5.41, 5.74) is 0.751. The zero-order chi connectivity index (χ0) is 11.3. The van der Waals surface area contributed by atoms with Crippen LogP contribution >= 0.6 is 0 Å². The number of nitrogens with one attached hydrogen (secondary N) is 1. The van der Waals surface area contributed by atoms with E-state index in [1.807, 2.05) is 19.1 Å². The molecule has 1 nitrogen and oxygen atoms in total. The van der Waals surface area contributed by atoms with Gasteiger partial charge in [-0.3, -0.25) is 0 Å². The average Bonchev–Trinajstić information content (AvgIpc) is 2.26. The van der Waals surface area contributed by atoms with Gasteiger partial charge in [0.1, 0.15) is 5.82 Å². The number of hydrogen-bond acceptors (Lipinski definition) is 1. The standard InChI is InChI=1S/C13H20FN/c1-4-10(2)9-15-11(3)12-7-5-6-8-13(12)14/h5-8,10-11,15H,4,9H2,1-3H3/t10?,11-/m1/s1. The van der Waals surface area contributed by atoms with Gasteiger partial charge in [0.2, 0.25) is 0 Å². The minimum Gasteiger partial charge on any atom is -0.310 e. The fraction of sp³-hybridized carbons (Fsp3) is 0.538. The van der Waals surface area contributed by atoms with Gasteiger partial charge in [-0.15, -0.1) is 0 Å². The van der Waals surface area contributed by atoms with E-state index in [9.17, 15) is 4.39 Å². The monoisotopic (exact) mass is 209 g/mol. The predicted octanol–water partition coefficient (Wildman–Crippen LogP) is 3.52. The smallest absolute Gasteiger partial charge is 0.127 e. The topological polar surface area (TPSA) is 12.0 Å². The van der Waals surface area contributed by atoms with Gasteiger partial charge in [0.15, 0.2) is 0 Å². The van der Waals surface area contributed by atoms with Gasteiger partial charge in [-0.1, -0.05) is 38.5 Å². The molecule has 0 aromatic heterocycles. The minimum absolute atomic E-state index is 0.0835. The lowest BCUT2D eigenvalue weighted by atomic mass is 10.1. The van der Waals surface area contributed by atoms with Gasteiger partial charge in [0, 0.05) is 11.6 Å². The molecule has 0 saturated carbocycles. The molecule has 15 heavy (non-hydrogen) atoms. The molecule has 1 aromatic rings. The highest BCUT2D eigenvalue weighted by molar-refractivity contribution is 5.20. The molecule has 0 radical (unpaired) electrons. The Balaban J connectivity index is 2.54. The summed E-state index contributed by atoms with van der Waals surface area (Å²) in [6.45, 7) is 7.30. The maximum atomic E-state index is 13.4. The van der Waals surface area contributed by atoms with Gasteiger partial charge in [-0.25, -0.2) is 4.39 Å². The average molecular weight is 209 g/mol. The molecular formula is C13H20FN. The van der Waals surface area contributed by atoms with Crippen LogP contribution in [-0.4, -0.2) is 6.54 Å². The van der Waals surface area contributed by atoms with Crippen molar-refractivity contribution in [1.29, 1.82) is 0 Å². The molecule has 1 unspecified atom stereocenters. The summed E-state index contributed by atoms with van der Waals surface area (Å²) in [4.78, 5) is 0. The summed E-state index contributed by atoms with van der Waals surface area (Å²) in [6.07, 6.45) is 1.15. The first-order valence-corrected chi connectivity index (χ1v) is 5.63. The summed E-state index contributed by atoms with van der Waals surface area (Å²) in [6, 6.07) is 7.03. The molecule has 0 heterocycles. The van der Waals surface area contributed by atoms with E-state index >= 15 is 0 Å². The lowest BCUT2D eigenvalue weighted by Gasteiger charge is -2.17. The third-order valence-electron chi connectivity index (χ3n) is 2.84. The Morgan fingerprint density at radius 2 is 1.93 bits per heavy atom. The Hall–Kier alpha value is -0.890. The Morgan fingerprint density at radius 3 is 2.53 bits per heavy atom. The summed E-state index contributed by atoms with van der Waals surface area (Å²) < 4.78 is 13.4. The zero-order valence-corrected chi connectivity index (χ0v) is 9.76. The second kappa shape index (κ2) is 5.86. The third kappa shape index (κ3) is 3.63. The minimum atomic E-state index is -0.123. The second-order valence-electron chi connectivity index (χ2n) is 4.16. The summed E-state index contributed by atoms with van der Waals surface area (Å²) in [5, 5.41) is 3.35. The Morgan fingerprint density at radius 1 is 1.27 bits per heavy atom. The van der Waals surface area contributed by atoms with Crippen molar-refractivity contribution in [1.82, 2.24) is 5.32 Å². The molecule has 0 bridgehead atoms. The molecule has 0 aliphatic rings. The molecular weight excluding hydrogens is 189 g/mol. The van der Waals surface area contributed by atoms with E-state index in [-0.39, 0.29) is 11.9 Å². The number of hydrogen-bond donors (Lipinski definition) is 1. The molecule has 0 aliphatic carbocycles. The molecule has 0 fully saturated rings. The van der Waals surface area contributed by atoms with Crippen molar-refractivity contribution in [3.63, 3.8) is 0 Å². The number of rotatable bonds is 5. The van der Waals surface area contributed by atoms with Crippen LogP contribution in [0.15, 0.2) is 24.3 Å². The fourth-order valence-electron chi connectivity index (χ4n) is 1.46. The molecule has 0 saturated heterocycles. The summed E-state index contributed by atoms with van der Waals surface area (Å²) >= 11 is 0. The van der Waals surface area contributed by atoms with E-state index < -0.39 is 0 Å². The van der Waals surface area contributed by atoms with Crippen LogP contribution < -0.4 is 5.32 Å². The van der Waals surface area contributed by atoms with Crippen LogP contribution in [0.1, 0.15) is 38.8 Å². The SMILES string of the molecule is CCC(C)CN[C@H](C)c1ccccc1F. The van der Waals surface area contributed by atoms with Crippen LogP contribution in [0.5, 0.6) is 0 Å². The van der Waals surface area contributed by atoms with E-state index in [0.29, 0.717) is 5.92 Å². The van der Waals surface area contributed by atoms with E-state index in [1.54, 1.807) is 6.07 Å².